The highest BCUT2D eigenvalue weighted by atomic mass is 16.6. The second-order valence-electron chi connectivity index (χ2n) is 6.93. The van der Waals surface area contributed by atoms with Gasteiger partial charge in [0.25, 0.3) is 0 Å². The van der Waals surface area contributed by atoms with E-state index in [1.165, 1.54) is 18.2 Å². The molecule has 27 heavy (non-hydrogen) atoms. The molecule has 0 aromatic heterocycles. The molecule has 0 aliphatic heterocycles. The van der Waals surface area contributed by atoms with Crippen LogP contribution in [-0.4, -0.2) is 27.8 Å². The van der Waals surface area contributed by atoms with Gasteiger partial charge in [0.1, 0.15) is 16.9 Å². The Morgan fingerprint density at radius 1 is 1.07 bits per heavy atom. The number of esters is 1. The van der Waals surface area contributed by atoms with Gasteiger partial charge in [-0.1, -0.05) is 18.2 Å². The van der Waals surface area contributed by atoms with Crippen molar-refractivity contribution >= 4 is 23.3 Å². The first kappa shape index (κ1) is 20.1. The fourth-order valence-electron chi connectivity index (χ4n) is 2.26. The molecule has 2 N–H and O–H groups in total. The second-order valence-corrected chi connectivity index (χ2v) is 6.93. The summed E-state index contributed by atoms with van der Waals surface area (Å²) in [5.74, 6) is -1.74. The number of carboxylic acids is 1. The van der Waals surface area contributed by atoms with Crippen molar-refractivity contribution in [1.82, 2.24) is 0 Å². The summed E-state index contributed by atoms with van der Waals surface area (Å²) in [7, 11) is 0. The number of aromatic hydroxyl groups is 1. The van der Waals surface area contributed by atoms with Crippen LogP contribution in [0.1, 0.15) is 43.1 Å². The fraction of sp³-hybridized carbons (Fsp3) is 0.300. The third kappa shape index (κ3) is 6.22. The van der Waals surface area contributed by atoms with Crippen LogP contribution in [0.3, 0.4) is 0 Å². The maximum Gasteiger partial charge on any atom is 0.342 e. The maximum absolute atomic E-state index is 12.2. The summed E-state index contributed by atoms with van der Waals surface area (Å²) in [6.45, 7) is 5.21. The van der Waals surface area contributed by atoms with Crippen LogP contribution in [0.25, 0.3) is 0 Å². The molecule has 0 fully saturated rings. The molecule has 2 aromatic rings. The third-order valence-corrected chi connectivity index (χ3v) is 3.47. The van der Waals surface area contributed by atoms with Crippen molar-refractivity contribution in [2.24, 2.45) is 10.2 Å². The van der Waals surface area contributed by atoms with Crippen molar-refractivity contribution < 1.29 is 24.5 Å². The Labute approximate surface area is 157 Å². The first-order valence-corrected chi connectivity index (χ1v) is 8.43. The molecule has 2 aromatic carbocycles. The van der Waals surface area contributed by atoms with E-state index in [1.807, 2.05) is 0 Å². The number of phenolic OH excluding ortho intramolecular Hbond substituents is 1. The van der Waals surface area contributed by atoms with Crippen molar-refractivity contribution in [3.8, 4) is 5.75 Å². The van der Waals surface area contributed by atoms with Crippen molar-refractivity contribution in [2.45, 2.75) is 39.2 Å². The van der Waals surface area contributed by atoms with Gasteiger partial charge in [-0.15, -0.1) is 0 Å². The molecule has 0 bridgehead atoms. The van der Waals surface area contributed by atoms with Crippen LogP contribution >= 0.6 is 0 Å². The monoisotopic (exact) mass is 370 g/mol. The number of rotatable bonds is 6. The predicted octanol–water partition coefficient (Wildman–Crippen LogP) is 4.78. The molecule has 2 rings (SSSR count). The highest BCUT2D eigenvalue weighted by Crippen LogP contribution is 2.28. The minimum atomic E-state index is -0.887. The Bertz CT molecular complexity index is 869. The zero-order chi connectivity index (χ0) is 20.0. The van der Waals surface area contributed by atoms with Crippen LogP contribution in [0.2, 0.25) is 0 Å². The molecular weight excluding hydrogens is 348 g/mol. The zero-order valence-electron chi connectivity index (χ0n) is 15.5. The zero-order valence-corrected chi connectivity index (χ0v) is 15.5. The molecule has 0 aliphatic carbocycles. The van der Waals surface area contributed by atoms with E-state index in [0.29, 0.717) is 17.8 Å². The van der Waals surface area contributed by atoms with Crippen LogP contribution < -0.4 is 0 Å². The number of aryl methyl sites for hydroxylation is 1. The number of ether oxygens (including phenoxy) is 1. The summed E-state index contributed by atoms with van der Waals surface area (Å²) in [6, 6.07) is 11.4. The molecule has 7 nitrogen and oxygen atoms in total. The molecular formula is C20H22N2O5. The molecule has 0 heterocycles. The standard InChI is InChI=1S/C20H22N2O5/c1-20(2,3)27-19(26)15-12-14(9-10-17(15)23)21-22-16-7-5-4-6-13(16)8-11-18(24)25/h4-7,9-10,12,23H,8,11H2,1-3H3,(H,24,25)/b22-21+. The van der Waals surface area contributed by atoms with Crippen LogP contribution in [0.5, 0.6) is 5.75 Å². The van der Waals surface area contributed by atoms with Crippen molar-refractivity contribution in [3.63, 3.8) is 0 Å². The molecule has 0 radical (unpaired) electrons. The van der Waals surface area contributed by atoms with E-state index in [0.717, 1.165) is 5.56 Å². The van der Waals surface area contributed by atoms with Gasteiger partial charge in [-0.05, 0) is 57.0 Å². The topological polar surface area (TPSA) is 109 Å². The third-order valence-electron chi connectivity index (χ3n) is 3.47. The summed E-state index contributed by atoms with van der Waals surface area (Å²) in [5.41, 5.74) is 0.979. The molecule has 142 valence electrons. The summed E-state index contributed by atoms with van der Waals surface area (Å²) in [4.78, 5) is 23.0. The number of benzene rings is 2. The van der Waals surface area contributed by atoms with Crippen LogP contribution in [0, 0.1) is 0 Å². The van der Waals surface area contributed by atoms with Gasteiger partial charge in [-0.2, -0.15) is 10.2 Å². The summed E-state index contributed by atoms with van der Waals surface area (Å²) in [6.07, 6.45) is 0.331. The average Bonchev–Trinajstić information content (AvgIpc) is 2.58. The number of carboxylic acid groups (broad SMARTS) is 1. The second kappa shape index (κ2) is 8.44. The van der Waals surface area contributed by atoms with Gasteiger partial charge in [0.15, 0.2) is 0 Å². The quantitative estimate of drug-likeness (QED) is 0.562. The Hall–Kier alpha value is -3.22. The van der Waals surface area contributed by atoms with E-state index >= 15 is 0 Å². The number of azo groups is 1. The van der Waals surface area contributed by atoms with Crippen molar-refractivity contribution in [3.05, 3.63) is 53.6 Å². The number of carbonyl (C=O) groups is 2. The minimum absolute atomic E-state index is 0.000498. The maximum atomic E-state index is 12.2. The van der Waals surface area contributed by atoms with Crippen molar-refractivity contribution in [2.75, 3.05) is 0 Å². The van der Waals surface area contributed by atoms with Crippen LogP contribution in [0.15, 0.2) is 52.7 Å². The van der Waals surface area contributed by atoms with E-state index in [-0.39, 0.29) is 17.7 Å². The van der Waals surface area contributed by atoms with E-state index in [1.54, 1.807) is 45.0 Å². The molecule has 0 amide bonds. The highest BCUT2D eigenvalue weighted by molar-refractivity contribution is 5.93. The summed E-state index contributed by atoms with van der Waals surface area (Å²) >= 11 is 0. The Kier molecular flexibility index (Phi) is 6.28. The largest absolute Gasteiger partial charge is 0.507 e. The molecule has 0 saturated heterocycles. The smallest absolute Gasteiger partial charge is 0.342 e. The highest BCUT2D eigenvalue weighted by Gasteiger charge is 2.20. The van der Waals surface area contributed by atoms with E-state index < -0.39 is 17.5 Å². The van der Waals surface area contributed by atoms with E-state index in [4.69, 9.17) is 9.84 Å². The Balaban J connectivity index is 2.24. The van der Waals surface area contributed by atoms with Gasteiger partial charge in [0.2, 0.25) is 0 Å². The Morgan fingerprint density at radius 3 is 2.44 bits per heavy atom. The number of hydrogen-bond acceptors (Lipinski definition) is 6. The number of hydrogen-bond donors (Lipinski definition) is 2. The molecule has 0 aliphatic rings. The lowest BCUT2D eigenvalue weighted by Crippen LogP contribution is -2.23. The molecule has 7 heteroatoms. The SMILES string of the molecule is CC(C)(C)OC(=O)c1cc(/N=N/c2ccccc2CCC(=O)O)ccc1O. The molecule has 0 spiro atoms. The normalized spacial score (nSPS) is 11.5. The van der Waals surface area contributed by atoms with Gasteiger partial charge in [0, 0.05) is 6.42 Å². The molecule has 0 atom stereocenters. The first-order chi connectivity index (χ1) is 12.7. The molecule has 0 saturated carbocycles. The lowest BCUT2D eigenvalue weighted by Gasteiger charge is -2.19. The van der Waals surface area contributed by atoms with Gasteiger partial charge in [-0.3, -0.25) is 4.79 Å². The van der Waals surface area contributed by atoms with Gasteiger partial charge < -0.3 is 14.9 Å². The Morgan fingerprint density at radius 2 is 1.78 bits per heavy atom. The minimum Gasteiger partial charge on any atom is -0.507 e. The average molecular weight is 370 g/mol. The van der Waals surface area contributed by atoms with Crippen LogP contribution in [0.4, 0.5) is 11.4 Å². The number of carbonyl (C=O) groups excluding carboxylic acids is 1. The van der Waals surface area contributed by atoms with Crippen LogP contribution in [-0.2, 0) is 16.0 Å². The lowest BCUT2D eigenvalue weighted by molar-refractivity contribution is -0.136. The fourth-order valence-corrected chi connectivity index (χ4v) is 2.26. The van der Waals surface area contributed by atoms with Gasteiger partial charge in [0.05, 0.1) is 11.4 Å². The first-order valence-electron chi connectivity index (χ1n) is 8.43. The molecule has 0 unspecified atom stereocenters. The van der Waals surface area contributed by atoms with Gasteiger partial charge >= 0.3 is 11.9 Å². The van der Waals surface area contributed by atoms with Gasteiger partial charge in [-0.25, -0.2) is 4.79 Å². The van der Waals surface area contributed by atoms with E-state index in [2.05, 4.69) is 10.2 Å². The number of nitrogens with zero attached hydrogens (tertiary/aromatic N) is 2. The van der Waals surface area contributed by atoms with E-state index in [9.17, 15) is 14.7 Å². The number of phenols is 1. The lowest BCUT2D eigenvalue weighted by atomic mass is 10.1. The summed E-state index contributed by atoms with van der Waals surface area (Å²) < 4.78 is 5.27. The predicted molar refractivity (Wildman–Crippen MR) is 99.9 cm³/mol. The summed E-state index contributed by atoms with van der Waals surface area (Å²) in [5, 5.41) is 27.0. The number of aliphatic carboxylic acids is 1. The van der Waals surface area contributed by atoms with Crippen molar-refractivity contribution in [1.29, 1.82) is 0 Å².